The molecule has 0 unspecified atom stereocenters. The van der Waals surface area contributed by atoms with Gasteiger partial charge in [-0.1, -0.05) is 0 Å². The van der Waals surface area contributed by atoms with Crippen LogP contribution in [0.4, 0.5) is 0 Å². The number of aryl methyl sites for hydroxylation is 2. The van der Waals surface area contributed by atoms with Gasteiger partial charge in [-0.25, -0.2) is 0 Å². The van der Waals surface area contributed by atoms with Gasteiger partial charge in [0.2, 0.25) is 5.91 Å². The molecule has 0 aliphatic heterocycles. The van der Waals surface area contributed by atoms with Gasteiger partial charge in [0.05, 0.1) is 0 Å². The van der Waals surface area contributed by atoms with Crippen LogP contribution >= 0.6 is 12.4 Å². The van der Waals surface area contributed by atoms with Crippen molar-refractivity contribution in [2.24, 2.45) is 5.73 Å². The zero-order chi connectivity index (χ0) is 10.4. The van der Waals surface area contributed by atoms with E-state index in [1.165, 1.54) is 23.1 Å². The molecule has 0 bridgehead atoms. The van der Waals surface area contributed by atoms with Gasteiger partial charge in [-0.15, -0.1) is 12.4 Å². The van der Waals surface area contributed by atoms with Crippen LogP contribution in [0.25, 0.3) is 10.9 Å². The number of aromatic amines is 1. The molecule has 2 aromatic rings. The zero-order valence-corrected chi connectivity index (χ0v) is 9.56. The molecule has 0 atom stereocenters. The molecule has 0 radical (unpaired) electrons. The average Bonchev–Trinajstić information content (AvgIpc) is 2.75. The van der Waals surface area contributed by atoms with E-state index in [9.17, 15) is 4.79 Å². The molecule has 3 nitrogen and oxygen atoms in total. The number of primary amides is 1. The van der Waals surface area contributed by atoms with E-state index in [2.05, 4.69) is 4.98 Å². The number of H-pyrrole nitrogens is 1. The Bertz CT molecular complexity index is 559. The number of aromatic nitrogens is 1. The standard InChI is InChI=1S/C12H12N2O.ClH/c13-12(15)7-4-5-11-9(6-7)8-2-1-3-10(8)14-11;/h4-6,14H,1-3H2,(H2,13,15);1H. The second-order valence-corrected chi connectivity index (χ2v) is 4.06. The van der Waals surface area contributed by atoms with E-state index in [4.69, 9.17) is 5.73 Å². The molecule has 4 heteroatoms. The topological polar surface area (TPSA) is 58.9 Å². The molecule has 1 amide bonds. The Balaban J connectivity index is 0.000000963. The number of fused-ring (bicyclic) bond motifs is 3. The fourth-order valence-corrected chi connectivity index (χ4v) is 2.40. The van der Waals surface area contributed by atoms with Crippen LogP contribution in [0.15, 0.2) is 18.2 Å². The van der Waals surface area contributed by atoms with Crippen molar-refractivity contribution in [2.45, 2.75) is 19.3 Å². The minimum atomic E-state index is -0.357. The third kappa shape index (κ3) is 1.48. The fraction of sp³-hybridized carbons (Fsp3) is 0.250. The minimum absolute atomic E-state index is 0. The highest BCUT2D eigenvalue weighted by Gasteiger charge is 2.17. The van der Waals surface area contributed by atoms with Crippen LogP contribution in [0.2, 0.25) is 0 Å². The second kappa shape index (κ2) is 3.83. The highest BCUT2D eigenvalue weighted by Crippen LogP contribution is 2.30. The summed E-state index contributed by atoms with van der Waals surface area (Å²) in [5.74, 6) is -0.357. The van der Waals surface area contributed by atoms with E-state index in [0.717, 1.165) is 18.4 Å². The third-order valence-corrected chi connectivity index (χ3v) is 3.13. The molecule has 1 aromatic carbocycles. The van der Waals surface area contributed by atoms with Gasteiger partial charge in [0, 0.05) is 22.2 Å². The van der Waals surface area contributed by atoms with E-state index in [-0.39, 0.29) is 18.3 Å². The van der Waals surface area contributed by atoms with Gasteiger partial charge in [-0.3, -0.25) is 4.79 Å². The Morgan fingerprint density at radius 3 is 2.88 bits per heavy atom. The summed E-state index contributed by atoms with van der Waals surface area (Å²) in [5.41, 5.74) is 9.67. The number of rotatable bonds is 1. The van der Waals surface area contributed by atoms with Crippen LogP contribution in [0.3, 0.4) is 0 Å². The van der Waals surface area contributed by atoms with Crippen molar-refractivity contribution in [3.63, 3.8) is 0 Å². The summed E-state index contributed by atoms with van der Waals surface area (Å²) in [6.07, 6.45) is 3.44. The SMILES string of the molecule is Cl.NC(=O)c1ccc2[nH]c3c(c2c1)CCC3. The van der Waals surface area contributed by atoms with Gasteiger partial charge in [-0.05, 0) is 43.0 Å². The Morgan fingerprint density at radius 2 is 2.12 bits per heavy atom. The second-order valence-electron chi connectivity index (χ2n) is 4.06. The maximum absolute atomic E-state index is 11.1. The first kappa shape index (κ1) is 11.0. The highest BCUT2D eigenvalue weighted by atomic mass is 35.5. The number of hydrogen-bond acceptors (Lipinski definition) is 1. The Hall–Kier alpha value is -1.48. The number of carbonyl (C=O) groups is 1. The first-order chi connectivity index (χ1) is 7.25. The van der Waals surface area contributed by atoms with Gasteiger partial charge in [0.25, 0.3) is 0 Å². The van der Waals surface area contributed by atoms with Gasteiger partial charge < -0.3 is 10.7 Å². The molecule has 3 rings (SSSR count). The lowest BCUT2D eigenvalue weighted by molar-refractivity contribution is 0.100. The van der Waals surface area contributed by atoms with Crippen molar-refractivity contribution in [3.05, 3.63) is 35.0 Å². The molecular formula is C12H13ClN2O. The lowest BCUT2D eigenvalue weighted by atomic mass is 10.1. The molecule has 0 saturated carbocycles. The molecule has 84 valence electrons. The van der Waals surface area contributed by atoms with Crippen LogP contribution in [-0.2, 0) is 12.8 Å². The van der Waals surface area contributed by atoms with Crippen LogP contribution in [0.5, 0.6) is 0 Å². The molecule has 0 spiro atoms. The summed E-state index contributed by atoms with van der Waals surface area (Å²) in [4.78, 5) is 14.5. The summed E-state index contributed by atoms with van der Waals surface area (Å²) in [6.45, 7) is 0. The van der Waals surface area contributed by atoms with E-state index >= 15 is 0 Å². The summed E-state index contributed by atoms with van der Waals surface area (Å²) < 4.78 is 0. The quantitative estimate of drug-likeness (QED) is 0.783. The maximum atomic E-state index is 11.1. The number of hydrogen-bond donors (Lipinski definition) is 2. The summed E-state index contributed by atoms with van der Waals surface area (Å²) >= 11 is 0. The predicted molar refractivity (Wildman–Crippen MR) is 66.1 cm³/mol. The van der Waals surface area contributed by atoms with E-state index in [1.54, 1.807) is 6.07 Å². The normalized spacial score (nSPS) is 13.5. The van der Waals surface area contributed by atoms with E-state index in [1.807, 2.05) is 12.1 Å². The summed E-state index contributed by atoms with van der Waals surface area (Å²) in [5, 5.41) is 1.17. The predicted octanol–water partition coefficient (Wildman–Crippen LogP) is 2.18. The van der Waals surface area contributed by atoms with E-state index in [0.29, 0.717) is 5.56 Å². The van der Waals surface area contributed by atoms with E-state index < -0.39 is 0 Å². The number of carbonyl (C=O) groups excluding carboxylic acids is 1. The minimum Gasteiger partial charge on any atom is -0.366 e. The largest absolute Gasteiger partial charge is 0.366 e. The Labute approximate surface area is 99.4 Å². The van der Waals surface area contributed by atoms with Crippen molar-refractivity contribution in [2.75, 3.05) is 0 Å². The molecular weight excluding hydrogens is 224 g/mol. The van der Waals surface area contributed by atoms with Crippen molar-refractivity contribution >= 4 is 29.2 Å². The van der Waals surface area contributed by atoms with Crippen LogP contribution in [-0.4, -0.2) is 10.9 Å². The smallest absolute Gasteiger partial charge is 0.248 e. The molecule has 0 saturated heterocycles. The first-order valence-corrected chi connectivity index (χ1v) is 5.19. The van der Waals surface area contributed by atoms with Gasteiger partial charge in [0.1, 0.15) is 0 Å². The van der Waals surface area contributed by atoms with Crippen molar-refractivity contribution in [3.8, 4) is 0 Å². The van der Waals surface area contributed by atoms with Gasteiger partial charge >= 0.3 is 0 Å². The summed E-state index contributed by atoms with van der Waals surface area (Å²) in [7, 11) is 0. The monoisotopic (exact) mass is 236 g/mol. The zero-order valence-electron chi connectivity index (χ0n) is 8.75. The van der Waals surface area contributed by atoms with Crippen LogP contribution in [0, 0.1) is 0 Å². The van der Waals surface area contributed by atoms with Crippen LogP contribution in [0.1, 0.15) is 28.0 Å². The van der Waals surface area contributed by atoms with Gasteiger partial charge in [-0.2, -0.15) is 0 Å². The maximum Gasteiger partial charge on any atom is 0.248 e. The molecule has 1 aromatic heterocycles. The van der Waals surface area contributed by atoms with Crippen LogP contribution < -0.4 is 5.73 Å². The highest BCUT2D eigenvalue weighted by molar-refractivity contribution is 5.98. The molecule has 3 N–H and O–H groups in total. The first-order valence-electron chi connectivity index (χ1n) is 5.19. The summed E-state index contributed by atoms with van der Waals surface area (Å²) in [6, 6.07) is 5.61. The van der Waals surface area contributed by atoms with Crippen molar-refractivity contribution in [1.82, 2.24) is 4.98 Å². The molecule has 0 fully saturated rings. The Kier molecular flexibility index (Phi) is 2.64. The molecule has 1 aliphatic rings. The third-order valence-electron chi connectivity index (χ3n) is 3.13. The number of nitrogens with one attached hydrogen (secondary N) is 1. The number of amides is 1. The number of halogens is 1. The number of benzene rings is 1. The lowest BCUT2D eigenvalue weighted by Gasteiger charge is -1.97. The molecule has 16 heavy (non-hydrogen) atoms. The number of nitrogens with two attached hydrogens (primary N) is 1. The molecule has 1 heterocycles. The van der Waals surface area contributed by atoms with Gasteiger partial charge in [0.15, 0.2) is 0 Å². The van der Waals surface area contributed by atoms with Crippen molar-refractivity contribution in [1.29, 1.82) is 0 Å². The van der Waals surface area contributed by atoms with Crippen molar-refractivity contribution < 1.29 is 4.79 Å². The lowest BCUT2D eigenvalue weighted by Crippen LogP contribution is -2.10. The average molecular weight is 237 g/mol. The molecule has 1 aliphatic carbocycles. The fourth-order valence-electron chi connectivity index (χ4n) is 2.40. The Morgan fingerprint density at radius 1 is 1.31 bits per heavy atom.